The molecule has 0 unspecified atom stereocenters. The van der Waals surface area contributed by atoms with Crippen molar-refractivity contribution in [2.45, 2.75) is 20.8 Å². The van der Waals surface area contributed by atoms with Gasteiger partial charge in [0.05, 0.1) is 29.7 Å². The third kappa shape index (κ3) is 4.07. The topological polar surface area (TPSA) is 113 Å². The Morgan fingerprint density at radius 1 is 1.03 bits per heavy atom. The smallest absolute Gasteiger partial charge is 0.341 e. The molecule has 0 fully saturated rings. The van der Waals surface area contributed by atoms with Gasteiger partial charge in [-0.1, -0.05) is 18.2 Å². The van der Waals surface area contributed by atoms with Crippen molar-refractivity contribution < 1.29 is 24.2 Å². The predicted molar refractivity (Wildman–Crippen MR) is 108 cm³/mol. The maximum atomic E-state index is 12.5. The summed E-state index contributed by atoms with van der Waals surface area (Å²) in [5, 5.41) is 18.3. The van der Waals surface area contributed by atoms with Gasteiger partial charge in [0.15, 0.2) is 0 Å². The van der Waals surface area contributed by atoms with Crippen LogP contribution in [0.2, 0.25) is 0 Å². The van der Waals surface area contributed by atoms with Crippen molar-refractivity contribution in [3.63, 3.8) is 0 Å². The Morgan fingerprint density at radius 3 is 2.27 bits per heavy atom. The minimum atomic E-state index is -1.42. The van der Waals surface area contributed by atoms with Gasteiger partial charge >= 0.3 is 5.97 Å². The van der Waals surface area contributed by atoms with Crippen molar-refractivity contribution in [1.29, 1.82) is 0 Å². The molecule has 3 rings (SSSR count). The zero-order chi connectivity index (χ0) is 21.8. The Hall–Kier alpha value is -3.94. The van der Waals surface area contributed by atoms with E-state index >= 15 is 0 Å². The number of aromatic nitrogens is 2. The summed E-state index contributed by atoms with van der Waals surface area (Å²) < 4.78 is 6.71. The normalized spacial score (nSPS) is 10.5. The van der Waals surface area contributed by atoms with Gasteiger partial charge in [0, 0.05) is 16.8 Å². The largest absolute Gasteiger partial charge is 0.545 e. The minimum Gasteiger partial charge on any atom is -0.545 e. The van der Waals surface area contributed by atoms with Crippen LogP contribution < -0.4 is 10.4 Å². The molecule has 0 aliphatic rings. The van der Waals surface area contributed by atoms with Crippen molar-refractivity contribution in [2.75, 3.05) is 11.9 Å². The van der Waals surface area contributed by atoms with E-state index in [0.717, 1.165) is 0 Å². The van der Waals surface area contributed by atoms with Gasteiger partial charge in [-0.25, -0.2) is 9.48 Å². The molecule has 0 radical (unpaired) electrons. The van der Waals surface area contributed by atoms with Crippen LogP contribution in [0.4, 0.5) is 5.69 Å². The Labute approximate surface area is 173 Å². The molecule has 1 aromatic heterocycles. The summed E-state index contributed by atoms with van der Waals surface area (Å²) in [6.07, 6.45) is 0. The number of carboxylic acids is 1. The summed E-state index contributed by atoms with van der Waals surface area (Å²) in [5.41, 5.74) is 2.63. The molecule has 0 saturated carbocycles. The molecule has 0 aliphatic heterocycles. The monoisotopic (exact) mass is 406 g/mol. The van der Waals surface area contributed by atoms with E-state index in [9.17, 15) is 19.5 Å². The van der Waals surface area contributed by atoms with Crippen molar-refractivity contribution in [1.82, 2.24) is 9.78 Å². The quantitative estimate of drug-likeness (QED) is 0.629. The highest BCUT2D eigenvalue weighted by atomic mass is 16.5. The van der Waals surface area contributed by atoms with E-state index in [1.165, 1.54) is 18.2 Å². The van der Waals surface area contributed by atoms with Crippen LogP contribution in [0.1, 0.15) is 49.4 Å². The first-order chi connectivity index (χ1) is 14.3. The van der Waals surface area contributed by atoms with Gasteiger partial charge in [-0.2, -0.15) is 5.10 Å². The standard InChI is InChI=1S/C22H21N3O5/c1-4-30-22(29)19-13(2)24-25(14(19)3)16-11-9-15(10-12-16)23-20(26)17-7-5-6-8-18(17)21(27)28/h5-12H,4H2,1-3H3,(H,23,26)(H,27,28)/p-1. The maximum Gasteiger partial charge on any atom is 0.341 e. The summed E-state index contributed by atoms with van der Waals surface area (Å²) in [7, 11) is 0. The molecule has 3 aromatic rings. The molecule has 0 bridgehead atoms. The Kier molecular flexibility index (Phi) is 5.96. The first-order valence-electron chi connectivity index (χ1n) is 9.29. The summed E-state index contributed by atoms with van der Waals surface area (Å²) in [6, 6.07) is 12.6. The molecule has 0 saturated heterocycles. The van der Waals surface area contributed by atoms with Gasteiger partial charge in [0.1, 0.15) is 5.56 Å². The molecular formula is C22H20N3O5-. The number of nitrogens with zero attached hydrogens (tertiary/aromatic N) is 2. The van der Waals surface area contributed by atoms with Gasteiger partial charge in [-0.3, -0.25) is 4.79 Å². The summed E-state index contributed by atoms with van der Waals surface area (Å²) in [4.78, 5) is 35.8. The second kappa shape index (κ2) is 8.60. The van der Waals surface area contributed by atoms with Crippen LogP contribution in [0.5, 0.6) is 0 Å². The second-order valence-corrected chi connectivity index (χ2v) is 6.51. The van der Waals surface area contributed by atoms with E-state index < -0.39 is 17.8 Å². The molecule has 154 valence electrons. The highest BCUT2D eigenvalue weighted by Gasteiger charge is 2.20. The van der Waals surface area contributed by atoms with Crippen LogP contribution in [-0.4, -0.2) is 34.2 Å². The molecule has 2 aromatic carbocycles. The SMILES string of the molecule is CCOC(=O)c1c(C)nn(-c2ccc(NC(=O)c3ccccc3C(=O)[O-])cc2)c1C. The lowest BCUT2D eigenvalue weighted by atomic mass is 10.1. The number of rotatable bonds is 6. The number of carbonyl (C=O) groups is 3. The highest BCUT2D eigenvalue weighted by molar-refractivity contribution is 6.10. The zero-order valence-electron chi connectivity index (χ0n) is 16.8. The number of nitrogens with one attached hydrogen (secondary N) is 1. The van der Waals surface area contributed by atoms with Crippen LogP contribution in [0.15, 0.2) is 48.5 Å². The number of carbonyl (C=O) groups excluding carboxylic acids is 3. The van der Waals surface area contributed by atoms with Crippen molar-refractivity contribution in [3.8, 4) is 5.69 Å². The molecule has 1 amide bonds. The number of aromatic carboxylic acids is 1. The third-order valence-electron chi connectivity index (χ3n) is 4.53. The van der Waals surface area contributed by atoms with E-state index in [2.05, 4.69) is 10.4 Å². The molecule has 0 spiro atoms. The van der Waals surface area contributed by atoms with E-state index in [-0.39, 0.29) is 17.7 Å². The molecule has 30 heavy (non-hydrogen) atoms. The Balaban J connectivity index is 1.83. The molecule has 0 atom stereocenters. The number of anilines is 1. The van der Waals surface area contributed by atoms with E-state index in [0.29, 0.717) is 28.3 Å². The summed E-state index contributed by atoms with van der Waals surface area (Å²) in [6.45, 7) is 5.53. The van der Waals surface area contributed by atoms with E-state index in [1.807, 2.05) is 0 Å². The maximum absolute atomic E-state index is 12.5. The molecular weight excluding hydrogens is 386 g/mol. The predicted octanol–water partition coefficient (Wildman–Crippen LogP) is 2.28. The fraction of sp³-hybridized carbons (Fsp3) is 0.182. The van der Waals surface area contributed by atoms with Crippen LogP contribution >= 0.6 is 0 Å². The average molecular weight is 406 g/mol. The van der Waals surface area contributed by atoms with Gasteiger partial charge in [-0.15, -0.1) is 0 Å². The van der Waals surface area contributed by atoms with Crippen LogP contribution in [0.25, 0.3) is 5.69 Å². The molecule has 1 heterocycles. The molecule has 0 aliphatic carbocycles. The van der Waals surface area contributed by atoms with Crippen LogP contribution in [0.3, 0.4) is 0 Å². The Bertz CT molecular complexity index is 1120. The number of hydrogen-bond acceptors (Lipinski definition) is 6. The fourth-order valence-electron chi connectivity index (χ4n) is 3.14. The summed E-state index contributed by atoms with van der Waals surface area (Å²) >= 11 is 0. The molecule has 1 N–H and O–H groups in total. The van der Waals surface area contributed by atoms with Crippen LogP contribution in [-0.2, 0) is 4.74 Å². The van der Waals surface area contributed by atoms with Gasteiger partial charge in [0.25, 0.3) is 5.91 Å². The summed E-state index contributed by atoms with van der Waals surface area (Å²) in [5.74, 6) is -2.40. The van der Waals surface area contributed by atoms with E-state index in [4.69, 9.17) is 4.74 Å². The first-order valence-corrected chi connectivity index (χ1v) is 9.29. The Morgan fingerprint density at radius 2 is 1.67 bits per heavy atom. The lowest BCUT2D eigenvalue weighted by Crippen LogP contribution is -2.26. The average Bonchev–Trinajstić information content (AvgIpc) is 3.02. The third-order valence-corrected chi connectivity index (χ3v) is 4.53. The van der Waals surface area contributed by atoms with E-state index in [1.54, 1.807) is 55.8 Å². The number of aryl methyl sites for hydroxylation is 1. The highest BCUT2D eigenvalue weighted by Crippen LogP contribution is 2.21. The minimum absolute atomic E-state index is 0.0131. The number of ether oxygens (including phenoxy) is 1. The van der Waals surface area contributed by atoms with Crippen LogP contribution in [0, 0.1) is 13.8 Å². The number of carboxylic acid groups (broad SMARTS) is 1. The lowest BCUT2D eigenvalue weighted by molar-refractivity contribution is -0.255. The number of benzene rings is 2. The van der Waals surface area contributed by atoms with Gasteiger partial charge in [0.2, 0.25) is 0 Å². The lowest BCUT2D eigenvalue weighted by Gasteiger charge is -2.11. The van der Waals surface area contributed by atoms with Gasteiger partial charge in [-0.05, 0) is 51.1 Å². The van der Waals surface area contributed by atoms with Crippen molar-refractivity contribution in [2.24, 2.45) is 0 Å². The molecule has 8 heteroatoms. The zero-order valence-corrected chi connectivity index (χ0v) is 16.8. The number of esters is 1. The molecule has 8 nitrogen and oxygen atoms in total. The van der Waals surface area contributed by atoms with Crippen molar-refractivity contribution in [3.05, 3.63) is 76.6 Å². The van der Waals surface area contributed by atoms with Crippen molar-refractivity contribution >= 4 is 23.5 Å². The fourth-order valence-corrected chi connectivity index (χ4v) is 3.14. The van der Waals surface area contributed by atoms with Gasteiger partial charge < -0.3 is 20.0 Å². The number of amides is 1. The number of hydrogen-bond donors (Lipinski definition) is 1. The second-order valence-electron chi connectivity index (χ2n) is 6.51. The first kappa shape index (κ1) is 20.8.